The monoisotopic (exact) mass is 280 g/mol. The summed E-state index contributed by atoms with van der Waals surface area (Å²) in [6.45, 7) is 7.31. The zero-order valence-corrected chi connectivity index (χ0v) is 12.1. The molecule has 0 bridgehead atoms. The largest absolute Gasteiger partial charge is 0.391 e. The lowest BCUT2D eigenvalue weighted by Gasteiger charge is -2.38. The summed E-state index contributed by atoms with van der Waals surface area (Å²) in [6, 6.07) is 0.394. The van der Waals surface area contributed by atoms with Crippen LogP contribution in [0.5, 0.6) is 0 Å². The minimum absolute atomic E-state index is 0.261. The molecular formula is C14H27F3N2. The summed E-state index contributed by atoms with van der Waals surface area (Å²) >= 11 is 0. The Kier molecular flexibility index (Phi) is 7.15. The molecule has 1 atom stereocenters. The third-order valence-electron chi connectivity index (χ3n) is 3.94. The maximum absolute atomic E-state index is 12.6. The fraction of sp³-hybridized carbons (Fsp3) is 1.00. The van der Waals surface area contributed by atoms with Crippen LogP contribution in [0.1, 0.15) is 46.0 Å². The highest BCUT2D eigenvalue weighted by molar-refractivity contribution is 4.82. The lowest BCUT2D eigenvalue weighted by molar-refractivity contribution is -0.186. The Bertz CT molecular complexity index is 235. The molecular weight excluding hydrogens is 253 g/mol. The van der Waals surface area contributed by atoms with Gasteiger partial charge in [0, 0.05) is 12.6 Å². The first-order chi connectivity index (χ1) is 8.99. The molecule has 1 heterocycles. The Morgan fingerprint density at radius 2 is 1.79 bits per heavy atom. The SMILES string of the molecule is CCCNCC(CCC)N1CCC(C(F)(F)F)CC1. The smallest absolute Gasteiger partial charge is 0.315 e. The van der Waals surface area contributed by atoms with E-state index in [1.807, 2.05) is 0 Å². The van der Waals surface area contributed by atoms with Gasteiger partial charge in [-0.25, -0.2) is 0 Å². The highest BCUT2D eigenvalue weighted by atomic mass is 19.4. The molecule has 5 heteroatoms. The van der Waals surface area contributed by atoms with E-state index in [-0.39, 0.29) is 12.8 Å². The topological polar surface area (TPSA) is 15.3 Å². The molecule has 1 fully saturated rings. The predicted octanol–water partition coefficient (Wildman–Crippen LogP) is 3.43. The number of alkyl halides is 3. The maximum atomic E-state index is 12.6. The molecule has 0 radical (unpaired) electrons. The lowest BCUT2D eigenvalue weighted by Crippen LogP contribution is -2.48. The molecule has 0 aliphatic carbocycles. The van der Waals surface area contributed by atoms with Gasteiger partial charge in [0.2, 0.25) is 0 Å². The molecule has 0 saturated carbocycles. The number of likely N-dealkylation sites (tertiary alicyclic amines) is 1. The van der Waals surface area contributed by atoms with Gasteiger partial charge in [0.25, 0.3) is 0 Å². The molecule has 0 aromatic rings. The Labute approximate surface area is 114 Å². The van der Waals surface area contributed by atoms with Crippen molar-refractivity contribution >= 4 is 0 Å². The number of piperidine rings is 1. The molecule has 0 aromatic carbocycles. The molecule has 0 amide bonds. The average molecular weight is 280 g/mol. The van der Waals surface area contributed by atoms with Crippen LogP contribution in [-0.2, 0) is 0 Å². The average Bonchev–Trinajstić information content (AvgIpc) is 2.37. The molecule has 1 aliphatic heterocycles. The number of rotatable bonds is 7. The second-order valence-electron chi connectivity index (χ2n) is 5.50. The van der Waals surface area contributed by atoms with E-state index in [1.165, 1.54) is 0 Å². The van der Waals surface area contributed by atoms with Crippen molar-refractivity contribution in [3.63, 3.8) is 0 Å². The van der Waals surface area contributed by atoms with Gasteiger partial charge in [0.05, 0.1) is 5.92 Å². The second kappa shape index (κ2) is 8.10. The highest BCUT2D eigenvalue weighted by Gasteiger charge is 2.41. The molecule has 1 unspecified atom stereocenters. The first-order valence-corrected chi connectivity index (χ1v) is 7.50. The second-order valence-corrected chi connectivity index (χ2v) is 5.50. The van der Waals surface area contributed by atoms with Crippen LogP contribution in [0.15, 0.2) is 0 Å². The van der Waals surface area contributed by atoms with Crippen LogP contribution < -0.4 is 5.32 Å². The van der Waals surface area contributed by atoms with Crippen LogP contribution in [-0.4, -0.2) is 43.3 Å². The minimum Gasteiger partial charge on any atom is -0.315 e. The van der Waals surface area contributed by atoms with E-state index in [9.17, 15) is 13.2 Å². The van der Waals surface area contributed by atoms with E-state index in [0.29, 0.717) is 19.1 Å². The standard InChI is InChI=1S/C14H27F3N2/c1-3-5-13(11-18-8-4-2)19-9-6-12(7-10-19)14(15,16)17/h12-13,18H,3-11H2,1-2H3. The van der Waals surface area contributed by atoms with Crippen molar-refractivity contribution in [2.75, 3.05) is 26.2 Å². The van der Waals surface area contributed by atoms with Crippen molar-refractivity contribution in [3.8, 4) is 0 Å². The first kappa shape index (κ1) is 16.8. The number of hydrogen-bond acceptors (Lipinski definition) is 2. The van der Waals surface area contributed by atoms with E-state index in [1.54, 1.807) is 0 Å². The summed E-state index contributed by atoms with van der Waals surface area (Å²) in [5, 5.41) is 3.39. The summed E-state index contributed by atoms with van der Waals surface area (Å²) in [5.41, 5.74) is 0. The van der Waals surface area contributed by atoms with Crippen molar-refractivity contribution in [3.05, 3.63) is 0 Å². The van der Waals surface area contributed by atoms with Gasteiger partial charge in [-0.1, -0.05) is 20.3 Å². The Balaban J connectivity index is 2.40. The van der Waals surface area contributed by atoms with Gasteiger partial charge in [0.15, 0.2) is 0 Å². The molecule has 2 nitrogen and oxygen atoms in total. The molecule has 0 aromatic heterocycles. The highest BCUT2D eigenvalue weighted by Crippen LogP contribution is 2.34. The predicted molar refractivity (Wildman–Crippen MR) is 72.2 cm³/mol. The molecule has 114 valence electrons. The van der Waals surface area contributed by atoms with Crippen LogP contribution in [0.25, 0.3) is 0 Å². The normalized spacial score (nSPS) is 20.7. The molecule has 1 N–H and O–H groups in total. The molecule has 1 saturated heterocycles. The van der Waals surface area contributed by atoms with Crippen molar-refractivity contribution < 1.29 is 13.2 Å². The zero-order chi connectivity index (χ0) is 14.3. The third kappa shape index (κ3) is 5.69. The van der Waals surface area contributed by atoms with E-state index in [2.05, 4.69) is 24.1 Å². The van der Waals surface area contributed by atoms with Crippen molar-refractivity contribution in [1.82, 2.24) is 10.2 Å². The fourth-order valence-corrected chi connectivity index (χ4v) is 2.78. The summed E-state index contributed by atoms with van der Waals surface area (Å²) < 4.78 is 37.9. The minimum atomic E-state index is -4.01. The fourth-order valence-electron chi connectivity index (χ4n) is 2.78. The van der Waals surface area contributed by atoms with Gasteiger partial charge in [-0.15, -0.1) is 0 Å². The van der Waals surface area contributed by atoms with Crippen LogP contribution in [0.4, 0.5) is 13.2 Å². The van der Waals surface area contributed by atoms with Crippen molar-refractivity contribution in [2.24, 2.45) is 5.92 Å². The Hall–Kier alpha value is -0.290. The Morgan fingerprint density at radius 1 is 1.16 bits per heavy atom. The van der Waals surface area contributed by atoms with Crippen LogP contribution in [0.3, 0.4) is 0 Å². The summed E-state index contributed by atoms with van der Waals surface area (Å²) in [4.78, 5) is 2.24. The number of nitrogens with zero attached hydrogens (tertiary/aromatic N) is 1. The van der Waals surface area contributed by atoms with Crippen molar-refractivity contribution in [1.29, 1.82) is 0 Å². The molecule has 1 aliphatic rings. The van der Waals surface area contributed by atoms with Crippen molar-refractivity contribution in [2.45, 2.75) is 58.2 Å². The van der Waals surface area contributed by atoms with Gasteiger partial charge in [-0.2, -0.15) is 13.2 Å². The maximum Gasteiger partial charge on any atom is 0.391 e. The molecule has 1 rings (SSSR count). The van der Waals surface area contributed by atoms with E-state index in [0.717, 1.165) is 32.4 Å². The van der Waals surface area contributed by atoms with E-state index in [4.69, 9.17) is 0 Å². The van der Waals surface area contributed by atoms with Crippen LogP contribution in [0, 0.1) is 5.92 Å². The Morgan fingerprint density at radius 3 is 2.26 bits per heavy atom. The van der Waals surface area contributed by atoms with E-state index < -0.39 is 12.1 Å². The van der Waals surface area contributed by atoms with Crippen LogP contribution >= 0.6 is 0 Å². The van der Waals surface area contributed by atoms with Gasteiger partial charge >= 0.3 is 6.18 Å². The number of halogens is 3. The van der Waals surface area contributed by atoms with Gasteiger partial charge in [-0.05, 0) is 45.3 Å². The lowest BCUT2D eigenvalue weighted by atomic mass is 9.94. The summed E-state index contributed by atoms with van der Waals surface area (Å²) in [6.07, 6.45) is -0.248. The first-order valence-electron chi connectivity index (χ1n) is 7.50. The zero-order valence-electron chi connectivity index (χ0n) is 12.1. The quantitative estimate of drug-likeness (QED) is 0.719. The van der Waals surface area contributed by atoms with E-state index >= 15 is 0 Å². The van der Waals surface area contributed by atoms with Gasteiger partial charge < -0.3 is 5.32 Å². The van der Waals surface area contributed by atoms with Crippen LogP contribution in [0.2, 0.25) is 0 Å². The van der Waals surface area contributed by atoms with Gasteiger partial charge in [0.1, 0.15) is 0 Å². The summed E-state index contributed by atoms with van der Waals surface area (Å²) in [5.74, 6) is -1.09. The van der Waals surface area contributed by atoms with Gasteiger partial charge in [-0.3, -0.25) is 4.90 Å². The molecule has 0 spiro atoms. The number of nitrogens with one attached hydrogen (secondary N) is 1. The number of hydrogen-bond donors (Lipinski definition) is 1. The molecule has 19 heavy (non-hydrogen) atoms. The summed E-state index contributed by atoms with van der Waals surface area (Å²) in [7, 11) is 0. The third-order valence-corrected chi connectivity index (χ3v) is 3.94.